The summed E-state index contributed by atoms with van der Waals surface area (Å²) in [6.07, 6.45) is 0. The second-order valence-corrected chi connectivity index (χ2v) is 6.93. The third kappa shape index (κ3) is 3.72. The van der Waals surface area contributed by atoms with Crippen molar-refractivity contribution in [2.24, 2.45) is 0 Å². The predicted octanol–water partition coefficient (Wildman–Crippen LogP) is 3.81. The number of nitrogens with one attached hydrogen (secondary N) is 1. The Bertz CT molecular complexity index is 793. The first kappa shape index (κ1) is 15.7. The van der Waals surface area contributed by atoms with Gasteiger partial charge >= 0.3 is 0 Å². The molecule has 0 aromatic heterocycles. The van der Waals surface area contributed by atoms with Crippen LogP contribution in [0.3, 0.4) is 0 Å². The maximum absolute atomic E-state index is 12.1. The Hall–Kier alpha value is -1.64. The quantitative estimate of drug-likeness (QED) is 0.634. The summed E-state index contributed by atoms with van der Waals surface area (Å²) in [5, 5.41) is 11.0. The molecule has 21 heavy (non-hydrogen) atoms. The number of hydrogen-bond acceptors (Lipinski definition) is 4. The van der Waals surface area contributed by atoms with E-state index in [4.69, 9.17) is 11.6 Å². The van der Waals surface area contributed by atoms with Gasteiger partial charge in [-0.1, -0.05) is 11.6 Å². The number of rotatable bonds is 4. The summed E-state index contributed by atoms with van der Waals surface area (Å²) in [5.74, 6) is 0. The third-order valence-corrected chi connectivity index (χ3v) is 5.14. The molecule has 1 N–H and O–H groups in total. The summed E-state index contributed by atoms with van der Waals surface area (Å²) in [6.45, 7) is 0. The molecule has 6 nitrogen and oxygen atoms in total. The number of nitro groups is 1. The molecule has 0 amide bonds. The molecule has 0 aliphatic carbocycles. The molecule has 0 aliphatic rings. The van der Waals surface area contributed by atoms with Crippen molar-refractivity contribution >= 4 is 48.9 Å². The molecule has 0 heterocycles. The van der Waals surface area contributed by atoms with Crippen LogP contribution in [0.2, 0.25) is 5.02 Å². The standard InChI is InChI=1S/C12H8BrClN2O4S/c13-11-7-8(1-6-12(11)14)15-21(19,20)10-4-2-9(3-5-10)16(17)18/h1-7,15H. The van der Waals surface area contributed by atoms with Crippen LogP contribution in [-0.4, -0.2) is 13.3 Å². The largest absolute Gasteiger partial charge is 0.280 e. The third-order valence-electron chi connectivity index (χ3n) is 2.53. The van der Waals surface area contributed by atoms with Crippen molar-refractivity contribution in [3.8, 4) is 0 Å². The van der Waals surface area contributed by atoms with Crippen LogP contribution in [0.1, 0.15) is 0 Å². The average Bonchev–Trinajstić information content (AvgIpc) is 2.43. The molecular formula is C12H8BrClN2O4S. The lowest BCUT2D eigenvalue weighted by Gasteiger charge is -2.08. The molecule has 0 fully saturated rings. The normalized spacial score (nSPS) is 11.1. The maximum Gasteiger partial charge on any atom is 0.269 e. The van der Waals surface area contributed by atoms with Crippen LogP contribution in [0.4, 0.5) is 11.4 Å². The number of non-ortho nitro benzene ring substituents is 1. The van der Waals surface area contributed by atoms with Gasteiger partial charge in [-0.3, -0.25) is 14.8 Å². The lowest BCUT2D eigenvalue weighted by molar-refractivity contribution is -0.384. The average molecular weight is 392 g/mol. The van der Waals surface area contributed by atoms with Crippen molar-refractivity contribution in [1.29, 1.82) is 0 Å². The van der Waals surface area contributed by atoms with Gasteiger partial charge in [-0.2, -0.15) is 0 Å². The molecule has 0 aliphatic heterocycles. The van der Waals surface area contributed by atoms with Crippen LogP contribution in [0.25, 0.3) is 0 Å². The van der Waals surface area contributed by atoms with Crippen LogP contribution < -0.4 is 4.72 Å². The van der Waals surface area contributed by atoms with Crippen molar-refractivity contribution in [3.05, 3.63) is 62.1 Å². The highest BCUT2D eigenvalue weighted by Gasteiger charge is 2.16. The SMILES string of the molecule is O=[N+]([O-])c1ccc(S(=O)(=O)Nc2ccc(Cl)c(Br)c2)cc1. The fourth-order valence-corrected chi connectivity index (χ4v) is 3.07. The Balaban J connectivity index is 2.29. The van der Waals surface area contributed by atoms with Gasteiger partial charge < -0.3 is 0 Å². The van der Waals surface area contributed by atoms with E-state index in [1.807, 2.05) is 0 Å². The van der Waals surface area contributed by atoms with Gasteiger partial charge in [0.2, 0.25) is 0 Å². The van der Waals surface area contributed by atoms with Gasteiger partial charge in [0, 0.05) is 16.6 Å². The number of hydrogen-bond donors (Lipinski definition) is 1. The van der Waals surface area contributed by atoms with Crippen LogP contribution in [-0.2, 0) is 10.0 Å². The minimum atomic E-state index is -3.82. The molecule has 2 rings (SSSR count). The molecule has 0 atom stereocenters. The summed E-state index contributed by atoms with van der Waals surface area (Å²) in [6, 6.07) is 9.18. The van der Waals surface area contributed by atoms with Crippen LogP contribution in [0, 0.1) is 10.1 Å². The van der Waals surface area contributed by atoms with E-state index in [9.17, 15) is 18.5 Å². The van der Waals surface area contributed by atoms with Crippen LogP contribution in [0.15, 0.2) is 51.8 Å². The van der Waals surface area contributed by atoms with Crippen LogP contribution in [0.5, 0.6) is 0 Å². The monoisotopic (exact) mass is 390 g/mol. The molecule has 9 heteroatoms. The fraction of sp³-hybridized carbons (Fsp3) is 0. The molecular weight excluding hydrogens is 384 g/mol. The second kappa shape index (κ2) is 6.00. The number of sulfonamides is 1. The Morgan fingerprint density at radius 2 is 1.76 bits per heavy atom. The van der Waals surface area contributed by atoms with Crippen molar-refractivity contribution in [2.75, 3.05) is 4.72 Å². The first-order valence-corrected chi connectivity index (χ1v) is 8.17. The lowest BCUT2D eigenvalue weighted by atomic mass is 10.3. The maximum atomic E-state index is 12.1. The van der Waals surface area contributed by atoms with Gasteiger partial charge in [0.15, 0.2) is 0 Å². The van der Waals surface area contributed by atoms with Gasteiger partial charge in [0.1, 0.15) is 0 Å². The Kier molecular flexibility index (Phi) is 4.50. The van der Waals surface area contributed by atoms with Gasteiger partial charge in [-0.25, -0.2) is 8.42 Å². The van der Waals surface area contributed by atoms with E-state index >= 15 is 0 Å². The summed E-state index contributed by atoms with van der Waals surface area (Å²) in [7, 11) is -3.82. The highest BCUT2D eigenvalue weighted by Crippen LogP contribution is 2.27. The summed E-state index contributed by atoms with van der Waals surface area (Å²) in [4.78, 5) is 9.88. The van der Waals surface area contributed by atoms with Crippen molar-refractivity contribution in [2.45, 2.75) is 4.90 Å². The van der Waals surface area contributed by atoms with Gasteiger partial charge in [-0.15, -0.1) is 0 Å². The van der Waals surface area contributed by atoms with Crippen molar-refractivity contribution < 1.29 is 13.3 Å². The zero-order valence-corrected chi connectivity index (χ0v) is 13.4. The minimum absolute atomic E-state index is 0.0702. The van der Waals surface area contributed by atoms with Crippen LogP contribution >= 0.6 is 27.5 Å². The van der Waals surface area contributed by atoms with E-state index in [1.165, 1.54) is 24.3 Å². The van der Waals surface area contributed by atoms with E-state index < -0.39 is 14.9 Å². The van der Waals surface area contributed by atoms with Gasteiger partial charge in [-0.05, 0) is 46.3 Å². The van der Waals surface area contributed by atoms with Crippen molar-refractivity contribution in [1.82, 2.24) is 0 Å². The molecule has 0 spiro atoms. The minimum Gasteiger partial charge on any atom is -0.280 e. The zero-order valence-electron chi connectivity index (χ0n) is 10.3. The number of halogens is 2. The first-order chi connectivity index (χ1) is 9.79. The number of benzene rings is 2. The molecule has 0 radical (unpaired) electrons. The Morgan fingerprint density at radius 3 is 2.29 bits per heavy atom. The topological polar surface area (TPSA) is 89.3 Å². The molecule has 0 unspecified atom stereocenters. The van der Waals surface area contributed by atoms with E-state index in [0.717, 1.165) is 12.1 Å². The zero-order chi connectivity index (χ0) is 15.6. The summed E-state index contributed by atoms with van der Waals surface area (Å²) in [5.41, 5.74) is 0.146. The van der Waals surface area contributed by atoms with Gasteiger partial charge in [0.05, 0.1) is 20.5 Å². The molecule has 0 bridgehead atoms. The number of nitro benzene ring substituents is 1. The van der Waals surface area contributed by atoms with Gasteiger partial charge in [0.25, 0.3) is 15.7 Å². The molecule has 0 saturated carbocycles. The molecule has 2 aromatic rings. The highest BCUT2D eigenvalue weighted by molar-refractivity contribution is 9.10. The van der Waals surface area contributed by atoms with E-state index in [-0.39, 0.29) is 10.6 Å². The molecule has 0 saturated heterocycles. The molecule has 2 aromatic carbocycles. The summed E-state index contributed by atoms with van der Waals surface area (Å²) < 4.78 is 27.2. The highest BCUT2D eigenvalue weighted by atomic mass is 79.9. The fourth-order valence-electron chi connectivity index (χ4n) is 1.52. The lowest BCUT2D eigenvalue weighted by Crippen LogP contribution is -2.12. The number of nitrogens with zero attached hydrogens (tertiary/aromatic N) is 1. The van der Waals surface area contributed by atoms with E-state index in [1.54, 1.807) is 6.07 Å². The van der Waals surface area contributed by atoms with Crippen molar-refractivity contribution in [3.63, 3.8) is 0 Å². The first-order valence-electron chi connectivity index (χ1n) is 5.52. The number of anilines is 1. The Labute approximate surface area is 134 Å². The smallest absolute Gasteiger partial charge is 0.269 e. The Morgan fingerprint density at radius 1 is 1.14 bits per heavy atom. The second-order valence-electron chi connectivity index (χ2n) is 3.99. The summed E-state index contributed by atoms with van der Waals surface area (Å²) >= 11 is 9.02. The molecule has 110 valence electrons. The van der Waals surface area contributed by atoms with E-state index in [0.29, 0.717) is 15.2 Å². The van der Waals surface area contributed by atoms with E-state index in [2.05, 4.69) is 20.7 Å². The predicted molar refractivity (Wildman–Crippen MR) is 83.1 cm³/mol.